The third-order valence-electron chi connectivity index (χ3n) is 1.58. The van der Waals surface area contributed by atoms with Crippen LogP contribution in [0.5, 0.6) is 11.5 Å². The first kappa shape index (κ1) is 13.3. The number of hydrogen-bond donors (Lipinski definition) is 0. The predicted octanol–water partition coefficient (Wildman–Crippen LogP) is 3.91. The van der Waals surface area contributed by atoms with E-state index in [4.69, 9.17) is 8.85 Å². The van der Waals surface area contributed by atoms with Crippen molar-refractivity contribution in [2.24, 2.45) is 0 Å². The lowest BCUT2D eigenvalue weighted by Gasteiger charge is -2.22. The van der Waals surface area contributed by atoms with Crippen LogP contribution in [0, 0.1) is 6.07 Å². The van der Waals surface area contributed by atoms with Gasteiger partial charge in [0.2, 0.25) is 16.6 Å². The fraction of sp³-hybridized carbons (Fsp3) is 0.500. The normalized spacial score (nSPS) is 12.4. The maximum absolute atomic E-state index is 5.90. The van der Waals surface area contributed by atoms with Crippen molar-refractivity contribution >= 4 is 16.6 Å². The van der Waals surface area contributed by atoms with E-state index < -0.39 is 16.6 Å². The summed E-state index contributed by atoms with van der Waals surface area (Å²) in [6.07, 6.45) is 0. The van der Waals surface area contributed by atoms with Gasteiger partial charge >= 0.3 is 0 Å². The molecule has 0 unspecified atom stereocenters. The molecular formula is C12H21O2Si2. The van der Waals surface area contributed by atoms with E-state index in [1.54, 1.807) is 0 Å². The third-order valence-corrected chi connectivity index (χ3v) is 3.28. The van der Waals surface area contributed by atoms with E-state index in [1.807, 2.05) is 18.2 Å². The lowest BCUT2D eigenvalue weighted by atomic mass is 10.3. The Labute approximate surface area is 101 Å². The van der Waals surface area contributed by atoms with Crippen LogP contribution in [0.1, 0.15) is 0 Å². The Morgan fingerprint density at radius 1 is 0.812 bits per heavy atom. The van der Waals surface area contributed by atoms with Crippen LogP contribution < -0.4 is 8.85 Å². The number of benzene rings is 1. The molecule has 0 spiro atoms. The molecule has 0 saturated heterocycles. The van der Waals surface area contributed by atoms with Gasteiger partial charge in [-0.1, -0.05) is 0 Å². The van der Waals surface area contributed by atoms with Gasteiger partial charge in [0.25, 0.3) is 0 Å². The minimum Gasteiger partial charge on any atom is -0.544 e. The monoisotopic (exact) mass is 253 g/mol. The van der Waals surface area contributed by atoms with Crippen molar-refractivity contribution in [3.8, 4) is 11.5 Å². The molecule has 0 heterocycles. The second-order valence-corrected chi connectivity index (χ2v) is 14.7. The van der Waals surface area contributed by atoms with Crippen molar-refractivity contribution in [1.82, 2.24) is 0 Å². The lowest BCUT2D eigenvalue weighted by molar-refractivity contribution is 0.533. The Hall–Kier alpha value is -0.746. The molecule has 0 aliphatic heterocycles. The highest BCUT2D eigenvalue weighted by Gasteiger charge is 2.18. The van der Waals surface area contributed by atoms with Crippen molar-refractivity contribution < 1.29 is 8.85 Å². The summed E-state index contributed by atoms with van der Waals surface area (Å²) in [5.74, 6) is 1.74. The van der Waals surface area contributed by atoms with E-state index in [9.17, 15) is 0 Å². The molecule has 1 rings (SSSR count). The molecule has 0 amide bonds. The summed E-state index contributed by atoms with van der Waals surface area (Å²) in [4.78, 5) is 0. The summed E-state index contributed by atoms with van der Waals surface area (Å²) in [5, 5.41) is 0. The van der Waals surface area contributed by atoms with Gasteiger partial charge in [-0.15, -0.1) is 0 Å². The van der Waals surface area contributed by atoms with Crippen LogP contribution in [-0.2, 0) is 0 Å². The van der Waals surface area contributed by atoms with Gasteiger partial charge in [-0.3, -0.25) is 0 Å². The molecular weight excluding hydrogens is 232 g/mol. The maximum atomic E-state index is 5.90. The molecule has 0 aliphatic carbocycles. The molecule has 1 aromatic rings. The topological polar surface area (TPSA) is 18.5 Å². The SMILES string of the molecule is C[Si](C)(C)Oc1c[c]cc(O[Si](C)(C)C)c1. The van der Waals surface area contributed by atoms with Crippen LogP contribution in [-0.4, -0.2) is 16.6 Å². The van der Waals surface area contributed by atoms with E-state index in [1.165, 1.54) is 0 Å². The summed E-state index contributed by atoms with van der Waals surface area (Å²) < 4.78 is 11.8. The minimum absolute atomic E-state index is 0.870. The quantitative estimate of drug-likeness (QED) is 0.757. The van der Waals surface area contributed by atoms with Crippen molar-refractivity contribution in [3.05, 3.63) is 24.3 Å². The number of hydrogen-bond acceptors (Lipinski definition) is 2. The second-order valence-electron chi connectivity index (χ2n) is 5.83. The summed E-state index contributed by atoms with van der Waals surface area (Å²) >= 11 is 0. The Kier molecular flexibility index (Phi) is 3.85. The number of rotatable bonds is 4. The third kappa shape index (κ3) is 5.37. The lowest BCUT2D eigenvalue weighted by Crippen LogP contribution is -2.30. The fourth-order valence-corrected chi connectivity index (χ4v) is 2.90. The van der Waals surface area contributed by atoms with Crippen molar-refractivity contribution in [2.75, 3.05) is 0 Å². The average Bonchev–Trinajstić information content (AvgIpc) is 1.96. The van der Waals surface area contributed by atoms with Gasteiger partial charge in [0.1, 0.15) is 11.5 Å². The molecule has 2 nitrogen and oxygen atoms in total. The summed E-state index contributed by atoms with van der Waals surface area (Å²) in [7, 11) is -3.09. The Bertz CT molecular complexity index is 320. The van der Waals surface area contributed by atoms with E-state index in [-0.39, 0.29) is 0 Å². The van der Waals surface area contributed by atoms with Crippen LogP contribution in [0.3, 0.4) is 0 Å². The molecule has 0 atom stereocenters. The van der Waals surface area contributed by atoms with Gasteiger partial charge in [0.05, 0.1) is 0 Å². The van der Waals surface area contributed by atoms with Gasteiger partial charge in [-0.05, 0) is 57.5 Å². The molecule has 0 N–H and O–H groups in total. The van der Waals surface area contributed by atoms with E-state index in [2.05, 4.69) is 45.3 Å². The van der Waals surface area contributed by atoms with E-state index in [0.717, 1.165) is 11.5 Å². The van der Waals surface area contributed by atoms with Gasteiger partial charge in [0, 0.05) is 6.07 Å². The summed E-state index contributed by atoms with van der Waals surface area (Å²) in [6.45, 7) is 13.0. The van der Waals surface area contributed by atoms with Gasteiger partial charge in [0.15, 0.2) is 0 Å². The zero-order valence-electron chi connectivity index (χ0n) is 11.0. The zero-order valence-corrected chi connectivity index (χ0v) is 13.0. The fourth-order valence-electron chi connectivity index (χ4n) is 1.25. The maximum Gasteiger partial charge on any atom is 0.242 e. The van der Waals surface area contributed by atoms with Crippen molar-refractivity contribution in [1.29, 1.82) is 0 Å². The molecule has 4 heteroatoms. The first-order valence-corrected chi connectivity index (χ1v) is 12.4. The Morgan fingerprint density at radius 3 is 1.50 bits per heavy atom. The molecule has 0 bridgehead atoms. The molecule has 89 valence electrons. The molecule has 0 saturated carbocycles. The largest absolute Gasteiger partial charge is 0.544 e. The van der Waals surface area contributed by atoms with Crippen LogP contribution in [0.4, 0.5) is 0 Å². The van der Waals surface area contributed by atoms with Crippen molar-refractivity contribution in [3.63, 3.8) is 0 Å². The van der Waals surface area contributed by atoms with Crippen LogP contribution in [0.25, 0.3) is 0 Å². The van der Waals surface area contributed by atoms with E-state index >= 15 is 0 Å². The summed E-state index contributed by atoms with van der Waals surface area (Å²) in [5.41, 5.74) is 0. The first-order valence-electron chi connectivity index (χ1n) is 5.55. The Balaban J connectivity index is 2.79. The van der Waals surface area contributed by atoms with Crippen LogP contribution in [0.15, 0.2) is 18.2 Å². The zero-order chi connectivity index (χ0) is 12.4. The van der Waals surface area contributed by atoms with Gasteiger partial charge in [-0.25, -0.2) is 0 Å². The highest BCUT2D eigenvalue weighted by atomic mass is 28.4. The summed E-state index contributed by atoms with van der Waals surface area (Å²) in [6, 6.07) is 8.78. The molecule has 16 heavy (non-hydrogen) atoms. The van der Waals surface area contributed by atoms with Gasteiger partial charge < -0.3 is 8.85 Å². The first-order chi connectivity index (χ1) is 7.16. The predicted molar refractivity (Wildman–Crippen MR) is 73.2 cm³/mol. The Morgan fingerprint density at radius 2 is 1.19 bits per heavy atom. The van der Waals surface area contributed by atoms with Crippen molar-refractivity contribution in [2.45, 2.75) is 39.3 Å². The molecule has 0 aromatic heterocycles. The molecule has 1 aromatic carbocycles. The van der Waals surface area contributed by atoms with Gasteiger partial charge in [-0.2, -0.15) is 0 Å². The highest BCUT2D eigenvalue weighted by Crippen LogP contribution is 2.23. The van der Waals surface area contributed by atoms with Crippen LogP contribution in [0.2, 0.25) is 39.3 Å². The van der Waals surface area contributed by atoms with E-state index in [0.29, 0.717) is 0 Å². The molecule has 1 radical (unpaired) electrons. The molecule has 0 aliphatic rings. The molecule has 0 fully saturated rings. The minimum atomic E-state index is -1.54. The standard InChI is InChI=1S/C12H21O2Si2/c1-15(2,3)13-11-8-7-9-12(10-11)14-16(4,5)6/h8-10H,1-6H3. The van der Waals surface area contributed by atoms with Crippen LogP contribution >= 0.6 is 0 Å². The second kappa shape index (κ2) is 4.63. The average molecular weight is 253 g/mol. The smallest absolute Gasteiger partial charge is 0.242 e. The highest BCUT2D eigenvalue weighted by molar-refractivity contribution is 6.70.